The first-order chi connectivity index (χ1) is 15.9. The van der Waals surface area contributed by atoms with Gasteiger partial charge in [-0.2, -0.15) is 0 Å². The molecule has 0 aliphatic carbocycles. The second-order valence-electron chi connectivity index (χ2n) is 8.22. The molecule has 0 aromatic heterocycles. The number of carbonyl (C=O) groups is 1. The van der Waals surface area contributed by atoms with E-state index in [1.54, 1.807) is 30.3 Å². The van der Waals surface area contributed by atoms with Crippen LogP contribution in [0.25, 0.3) is 0 Å². The molecule has 0 radical (unpaired) electrons. The van der Waals surface area contributed by atoms with E-state index in [0.717, 1.165) is 31.6 Å². The number of piperidine rings is 1. The summed E-state index contributed by atoms with van der Waals surface area (Å²) >= 11 is 11.4. The van der Waals surface area contributed by atoms with E-state index in [1.807, 2.05) is 17.0 Å². The van der Waals surface area contributed by atoms with Crippen molar-refractivity contribution in [3.05, 3.63) is 63.2 Å². The number of nitro groups is 1. The standard InChI is InChI=1S/C23H26ClN5O3S/c24-18-6-4-5-17(15-18)22(30)25-23(33)28-13-11-26(12-14-28)19-7-8-20(29(31)32)21(16-19)27-9-2-1-3-10-27/h4-8,15-16H,1-3,9-14H2,(H,25,30,33). The molecule has 0 unspecified atom stereocenters. The molecule has 174 valence electrons. The summed E-state index contributed by atoms with van der Waals surface area (Å²) in [7, 11) is 0. The van der Waals surface area contributed by atoms with Gasteiger partial charge >= 0.3 is 0 Å². The highest BCUT2D eigenvalue weighted by atomic mass is 35.5. The minimum Gasteiger partial charge on any atom is -0.368 e. The van der Waals surface area contributed by atoms with Gasteiger partial charge in [0.2, 0.25) is 0 Å². The van der Waals surface area contributed by atoms with Crippen molar-refractivity contribution in [2.24, 2.45) is 0 Å². The van der Waals surface area contributed by atoms with Gasteiger partial charge in [-0.05, 0) is 61.8 Å². The van der Waals surface area contributed by atoms with Crippen LogP contribution in [0.2, 0.25) is 5.02 Å². The van der Waals surface area contributed by atoms with Crippen molar-refractivity contribution >= 4 is 51.9 Å². The number of amides is 1. The summed E-state index contributed by atoms with van der Waals surface area (Å²) in [5, 5.41) is 15.2. The molecule has 0 atom stereocenters. The Balaban J connectivity index is 1.39. The van der Waals surface area contributed by atoms with E-state index in [-0.39, 0.29) is 16.5 Å². The number of piperazine rings is 1. The Kier molecular flexibility index (Phi) is 7.29. The molecule has 4 rings (SSSR count). The summed E-state index contributed by atoms with van der Waals surface area (Å²) in [4.78, 5) is 30.0. The Hall–Kier alpha value is -2.91. The van der Waals surface area contributed by atoms with Crippen LogP contribution in [-0.4, -0.2) is 60.1 Å². The molecule has 2 aliphatic heterocycles. The molecule has 0 saturated carbocycles. The maximum Gasteiger partial charge on any atom is 0.292 e. The lowest BCUT2D eigenvalue weighted by molar-refractivity contribution is -0.384. The number of nitrogens with one attached hydrogen (secondary N) is 1. The van der Waals surface area contributed by atoms with E-state index in [0.29, 0.717) is 47.6 Å². The van der Waals surface area contributed by atoms with Gasteiger partial charge in [0.25, 0.3) is 11.6 Å². The van der Waals surface area contributed by atoms with Crippen molar-refractivity contribution < 1.29 is 9.72 Å². The van der Waals surface area contributed by atoms with Crippen molar-refractivity contribution in [1.29, 1.82) is 0 Å². The molecule has 2 aromatic carbocycles. The van der Waals surface area contributed by atoms with Crippen LogP contribution in [0.15, 0.2) is 42.5 Å². The number of benzene rings is 2. The smallest absolute Gasteiger partial charge is 0.292 e. The zero-order chi connectivity index (χ0) is 23.4. The second-order valence-corrected chi connectivity index (χ2v) is 9.04. The van der Waals surface area contributed by atoms with Crippen molar-refractivity contribution in [2.45, 2.75) is 19.3 Å². The van der Waals surface area contributed by atoms with E-state index >= 15 is 0 Å². The van der Waals surface area contributed by atoms with E-state index in [4.69, 9.17) is 23.8 Å². The number of halogens is 1. The first-order valence-corrected chi connectivity index (χ1v) is 11.8. The van der Waals surface area contributed by atoms with Gasteiger partial charge in [0, 0.05) is 61.6 Å². The Morgan fingerprint density at radius 3 is 2.36 bits per heavy atom. The monoisotopic (exact) mass is 487 g/mol. The largest absolute Gasteiger partial charge is 0.368 e. The summed E-state index contributed by atoms with van der Waals surface area (Å²) < 4.78 is 0. The Morgan fingerprint density at radius 2 is 1.70 bits per heavy atom. The van der Waals surface area contributed by atoms with E-state index < -0.39 is 0 Å². The minimum atomic E-state index is -0.299. The normalized spacial score (nSPS) is 16.5. The predicted molar refractivity (Wildman–Crippen MR) is 134 cm³/mol. The third-order valence-electron chi connectivity index (χ3n) is 6.09. The molecular weight excluding hydrogens is 462 g/mol. The van der Waals surface area contributed by atoms with Crippen LogP contribution in [-0.2, 0) is 0 Å². The van der Waals surface area contributed by atoms with Crippen LogP contribution in [0.4, 0.5) is 17.1 Å². The predicted octanol–water partition coefficient (Wildman–Crippen LogP) is 4.08. The first kappa shape index (κ1) is 23.3. The Labute approximate surface area is 203 Å². The fourth-order valence-electron chi connectivity index (χ4n) is 4.30. The molecule has 2 heterocycles. The van der Waals surface area contributed by atoms with E-state index in [9.17, 15) is 14.9 Å². The molecular formula is C23H26ClN5O3S. The minimum absolute atomic E-state index is 0.157. The quantitative estimate of drug-likeness (QED) is 0.395. The summed E-state index contributed by atoms with van der Waals surface area (Å²) in [5.41, 5.74) is 2.28. The van der Waals surface area contributed by atoms with Gasteiger partial charge in [0.05, 0.1) is 4.92 Å². The highest BCUT2D eigenvalue weighted by Crippen LogP contribution is 2.34. The maximum atomic E-state index is 12.5. The number of nitrogens with zero attached hydrogens (tertiary/aromatic N) is 4. The lowest BCUT2D eigenvalue weighted by Crippen LogP contribution is -2.52. The molecule has 8 nitrogen and oxygen atoms in total. The molecule has 0 bridgehead atoms. The van der Waals surface area contributed by atoms with Gasteiger partial charge in [-0.3, -0.25) is 20.2 Å². The molecule has 1 amide bonds. The zero-order valence-electron chi connectivity index (χ0n) is 18.2. The second kappa shape index (κ2) is 10.4. The molecule has 2 saturated heterocycles. The molecule has 1 N–H and O–H groups in total. The molecule has 2 aliphatic rings. The Bertz CT molecular complexity index is 1050. The number of carbonyl (C=O) groups excluding carboxylic acids is 1. The third kappa shape index (κ3) is 5.54. The van der Waals surface area contributed by atoms with Crippen LogP contribution in [0.5, 0.6) is 0 Å². The number of hydrogen-bond acceptors (Lipinski definition) is 6. The highest BCUT2D eigenvalue weighted by molar-refractivity contribution is 7.80. The van der Waals surface area contributed by atoms with Crippen LogP contribution < -0.4 is 15.1 Å². The van der Waals surface area contributed by atoms with Crippen molar-refractivity contribution in [2.75, 3.05) is 49.1 Å². The summed E-state index contributed by atoms with van der Waals surface area (Å²) in [6.07, 6.45) is 3.27. The average molecular weight is 488 g/mol. The van der Waals surface area contributed by atoms with E-state index in [2.05, 4.69) is 15.1 Å². The third-order valence-corrected chi connectivity index (χ3v) is 6.69. The SMILES string of the molecule is O=C(NC(=S)N1CCN(c2ccc([N+](=O)[O-])c(N3CCCCC3)c2)CC1)c1cccc(Cl)c1. The lowest BCUT2D eigenvalue weighted by Gasteiger charge is -2.37. The van der Waals surface area contributed by atoms with Crippen molar-refractivity contribution in [1.82, 2.24) is 10.2 Å². The van der Waals surface area contributed by atoms with Crippen LogP contribution >= 0.6 is 23.8 Å². The molecule has 10 heteroatoms. The van der Waals surface area contributed by atoms with Gasteiger partial charge in [-0.15, -0.1) is 0 Å². The summed E-state index contributed by atoms with van der Waals surface area (Å²) in [6, 6.07) is 12.1. The molecule has 0 spiro atoms. The van der Waals surface area contributed by atoms with Gasteiger partial charge in [0.1, 0.15) is 5.69 Å². The zero-order valence-corrected chi connectivity index (χ0v) is 19.8. The summed E-state index contributed by atoms with van der Waals surface area (Å²) in [6.45, 7) is 4.38. The van der Waals surface area contributed by atoms with Crippen molar-refractivity contribution in [3.63, 3.8) is 0 Å². The fraction of sp³-hybridized carbons (Fsp3) is 0.391. The van der Waals surface area contributed by atoms with Crippen LogP contribution in [0.1, 0.15) is 29.6 Å². The van der Waals surface area contributed by atoms with Gasteiger partial charge in [-0.1, -0.05) is 17.7 Å². The number of anilines is 2. The lowest BCUT2D eigenvalue weighted by atomic mass is 10.1. The topological polar surface area (TPSA) is 82.0 Å². The molecule has 2 fully saturated rings. The van der Waals surface area contributed by atoms with Gasteiger partial charge < -0.3 is 14.7 Å². The number of thiocarbonyl (C=S) groups is 1. The Morgan fingerprint density at radius 1 is 0.970 bits per heavy atom. The fourth-order valence-corrected chi connectivity index (χ4v) is 4.76. The first-order valence-electron chi connectivity index (χ1n) is 11.1. The van der Waals surface area contributed by atoms with Gasteiger partial charge in [0.15, 0.2) is 5.11 Å². The van der Waals surface area contributed by atoms with E-state index in [1.165, 1.54) is 6.42 Å². The summed E-state index contributed by atoms with van der Waals surface area (Å²) in [5.74, 6) is -0.286. The average Bonchev–Trinajstić information content (AvgIpc) is 2.84. The maximum absolute atomic E-state index is 12.5. The number of hydrogen-bond donors (Lipinski definition) is 1. The van der Waals surface area contributed by atoms with Crippen molar-refractivity contribution in [3.8, 4) is 0 Å². The number of nitro benzene ring substituents is 1. The van der Waals surface area contributed by atoms with Crippen LogP contribution in [0.3, 0.4) is 0 Å². The molecule has 2 aromatic rings. The highest BCUT2D eigenvalue weighted by Gasteiger charge is 2.25. The molecule has 33 heavy (non-hydrogen) atoms. The van der Waals surface area contributed by atoms with Crippen LogP contribution in [0, 0.1) is 10.1 Å². The van der Waals surface area contributed by atoms with Gasteiger partial charge in [-0.25, -0.2) is 0 Å². The number of rotatable bonds is 4.